The molecule has 2 rings (SSSR count). The predicted molar refractivity (Wildman–Crippen MR) is 77.4 cm³/mol. The van der Waals surface area contributed by atoms with Gasteiger partial charge in [-0.05, 0) is 16.7 Å². The van der Waals surface area contributed by atoms with Crippen LogP contribution in [0.25, 0.3) is 5.57 Å². The van der Waals surface area contributed by atoms with Crippen LogP contribution < -0.4 is 0 Å². The summed E-state index contributed by atoms with van der Waals surface area (Å²) in [5.41, 5.74) is 6.26. The second kappa shape index (κ2) is 5.82. The summed E-state index contributed by atoms with van der Waals surface area (Å²) in [6.45, 7) is 0. The van der Waals surface area contributed by atoms with Gasteiger partial charge in [-0.15, -0.1) is 15.3 Å². The van der Waals surface area contributed by atoms with E-state index in [1.54, 1.807) is 0 Å². The molecule has 0 atom stereocenters. The smallest absolute Gasteiger partial charge is 0.122 e. The van der Waals surface area contributed by atoms with E-state index in [2.05, 4.69) is 81.7 Å². The molecule has 0 spiro atoms. The van der Waals surface area contributed by atoms with Crippen LogP contribution in [0.4, 0.5) is 0 Å². The van der Waals surface area contributed by atoms with Crippen LogP contribution in [0.3, 0.4) is 0 Å². The van der Waals surface area contributed by atoms with Crippen LogP contribution in [0.1, 0.15) is 11.1 Å². The van der Waals surface area contributed by atoms with Crippen LogP contribution in [0.2, 0.25) is 0 Å². The Hall–Kier alpha value is -1.12. The van der Waals surface area contributed by atoms with Crippen molar-refractivity contribution in [2.24, 2.45) is 0 Å². The van der Waals surface area contributed by atoms with Crippen molar-refractivity contribution in [2.45, 2.75) is 0 Å². The monoisotopic (exact) mass is 288 g/mol. The van der Waals surface area contributed by atoms with Gasteiger partial charge < -0.3 is 0 Å². The third kappa shape index (κ3) is 2.71. The SMILES string of the molecule is Br[SiH2]C=C(c1ccccc1)c1ccccc1. The van der Waals surface area contributed by atoms with E-state index >= 15 is 0 Å². The Labute approximate surface area is 106 Å². The number of rotatable bonds is 3. The molecule has 16 heavy (non-hydrogen) atoms. The molecule has 0 heterocycles. The Morgan fingerprint density at radius 3 is 1.62 bits per heavy atom. The van der Waals surface area contributed by atoms with Crippen LogP contribution in [0.5, 0.6) is 0 Å². The van der Waals surface area contributed by atoms with Crippen LogP contribution >= 0.6 is 15.3 Å². The summed E-state index contributed by atoms with van der Waals surface area (Å²) in [6, 6.07) is 21.1. The van der Waals surface area contributed by atoms with Crippen molar-refractivity contribution in [1.29, 1.82) is 0 Å². The molecule has 0 nitrogen and oxygen atoms in total. The molecule has 0 amide bonds. The molecule has 2 aromatic rings. The minimum atomic E-state index is -0.271. The van der Waals surface area contributed by atoms with Crippen molar-refractivity contribution >= 4 is 29.0 Å². The standard InChI is InChI=1S/C14H13BrSi/c15-16-11-14(12-7-3-1-4-8-12)13-9-5-2-6-10-13/h1-11H,16H2. The molecule has 2 heteroatoms. The van der Waals surface area contributed by atoms with E-state index in [0.29, 0.717) is 0 Å². The second-order valence-electron chi connectivity index (χ2n) is 3.50. The van der Waals surface area contributed by atoms with Crippen LogP contribution in [0, 0.1) is 0 Å². The topological polar surface area (TPSA) is 0 Å². The summed E-state index contributed by atoms with van der Waals surface area (Å²) in [7, 11) is -0.271. The summed E-state index contributed by atoms with van der Waals surface area (Å²) in [5.74, 6) is 0. The second-order valence-corrected chi connectivity index (χ2v) is 6.16. The molecule has 0 saturated carbocycles. The number of halogens is 1. The summed E-state index contributed by atoms with van der Waals surface area (Å²) < 4.78 is 0. The van der Waals surface area contributed by atoms with E-state index in [9.17, 15) is 0 Å². The molecule has 0 saturated heterocycles. The van der Waals surface area contributed by atoms with E-state index in [1.807, 2.05) is 0 Å². The normalized spacial score (nSPS) is 10.6. The summed E-state index contributed by atoms with van der Waals surface area (Å²) in [6.07, 6.45) is 0. The number of hydrogen-bond donors (Lipinski definition) is 0. The van der Waals surface area contributed by atoms with Crippen molar-refractivity contribution < 1.29 is 0 Å². The highest BCUT2D eigenvalue weighted by molar-refractivity contribution is 9.23. The number of hydrogen-bond acceptors (Lipinski definition) is 0. The van der Waals surface area contributed by atoms with Crippen molar-refractivity contribution in [2.75, 3.05) is 0 Å². The van der Waals surface area contributed by atoms with Crippen molar-refractivity contribution in [1.82, 2.24) is 0 Å². The fourth-order valence-electron chi connectivity index (χ4n) is 1.71. The van der Waals surface area contributed by atoms with Crippen molar-refractivity contribution in [3.05, 3.63) is 77.5 Å². The van der Waals surface area contributed by atoms with Gasteiger partial charge in [0.2, 0.25) is 0 Å². The fraction of sp³-hybridized carbons (Fsp3) is 0. The van der Waals surface area contributed by atoms with E-state index < -0.39 is 0 Å². The lowest BCUT2D eigenvalue weighted by Crippen LogP contribution is -1.88. The lowest BCUT2D eigenvalue weighted by Gasteiger charge is -2.07. The lowest BCUT2D eigenvalue weighted by atomic mass is 10.00. The van der Waals surface area contributed by atoms with Gasteiger partial charge in [-0.1, -0.05) is 66.4 Å². The summed E-state index contributed by atoms with van der Waals surface area (Å²) in [4.78, 5) is 0. The van der Waals surface area contributed by atoms with Gasteiger partial charge in [0.05, 0.1) is 0 Å². The minimum Gasteiger partial charge on any atom is -0.130 e. The molecular weight excluding hydrogens is 276 g/mol. The van der Waals surface area contributed by atoms with Gasteiger partial charge in [0.15, 0.2) is 0 Å². The van der Waals surface area contributed by atoms with Gasteiger partial charge in [-0.25, -0.2) is 0 Å². The highest BCUT2D eigenvalue weighted by Gasteiger charge is 2.02. The number of benzene rings is 2. The average molecular weight is 289 g/mol. The lowest BCUT2D eigenvalue weighted by molar-refractivity contribution is 1.55. The van der Waals surface area contributed by atoms with Crippen LogP contribution in [-0.4, -0.2) is 8.14 Å². The molecule has 0 radical (unpaired) electrons. The molecule has 0 aromatic heterocycles. The molecule has 0 bridgehead atoms. The summed E-state index contributed by atoms with van der Waals surface area (Å²) in [5, 5.41) is 0. The largest absolute Gasteiger partial charge is 0.130 e. The first-order chi connectivity index (χ1) is 7.92. The first-order valence-electron chi connectivity index (χ1n) is 5.29. The minimum absolute atomic E-state index is 0.271. The van der Waals surface area contributed by atoms with E-state index in [0.717, 1.165) is 0 Å². The van der Waals surface area contributed by atoms with Gasteiger partial charge >= 0.3 is 0 Å². The maximum atomic E-state index is 3.61. The molecule has 0 fully saturated rings. The Balaban J connectivity index is 2.44. The zero-order valence-corrected chi connectivity index (χ0v) is 11.9. The molecule has 0 unspecified atom stereocenters. The molecular formula is C14H13BrSi. The Morgan fingerprint density at radius 1 is 0.812 bits per heavy atom. The van der Waals surface area contributed by atoms with Crippen molar-refractivity contribution in [3.8, 4) is 0 Å². The predicted octanol–water partition coefficient (Wildman–Crippen LogP) is 3.55. The van der Waals surface area contributed by atoms with E-state index in [-0.39, 0.29) is 8.14 Å². The summed E-state index contributed by atoms with van der Waals surface area (Å²) >= 11 is 3.61. The van der Waals surface area contributed by atoms with Gasteiger partial charge in [0, 0.05) is 0 Å². The Kier molecular flexibility index (Phi) is 4.14. The fourth-order valence-corrected chi connectivity index (χ4v) is 3.31. The first-order valence-corrected chi connectivity index (χ1v) is 10.0. The maximum absolute atomic E-state index is 3.61. The Morgan fingerprint density at radius 2 is 1.25 bits per heavy atom. The molecule has 0 aliphatic carbocycles. The van der Waals surface area contributed by atoms with Crippen LogP contribution in [0.15, 0.2) is 66.4 Å². The molecule has 0 aliphatic rings. The van der Waals surface area contributed by atoms with Crippen molar-refractivity contribution in [3.63, 3.8) is 0 Å². The Bertz CT molecular complexity index is 421. The molecule has 0 aliphatic heterocycles. The highest BCUT2D eigenvalue weighted by atomic mass is 79.9. The quantitative estimate of drug-likeness (QED) is 0.599. The molecule has 2 aromatic carbocycles. The van der Waals surface area contributed by atoms with Gasteiger partial charge in [0.25, 0.3) is 0 Å². The average Bonchev–Trinajstić information content (AvgIpc) is 2.38. The molecule has 80 valence electrons. The first kappa shape index (κ1) is 11.4. The molecule has 0 N–H and O–H groups in total. The van der Waals surface area contributed by atoms with E-state index in [1.165, 1.54) is 16.7 Å². The van der Waals surface area contributed by atoms with Gasteiger partial charge in [0.1, 0.15) is 8.14 Å². The third-order valence-corrected chi connectivity index (χ3v) is 3.98. The highest BCUT2D eigenvalue weighted by Crippen LogP contribution is 2.22. The van der Waals surface area contributed by atoms with E-state index in [4.69, 9.17) is 0 Å². The zero-order valence-electron chi connectivity index (χ0n) is 8.94. The third-order valence-electron chi connectivity index (χ3n) is 2.45. The zero-order chi connectivity index (χ0) is 11.2. The van der Waals surface area contributed by atoms with Gasteiger partial charge in [-0.3, -0.25) is 0 Å². The van der Waals surface area contributed by atoms with Crippen LogP contribution in [-0.2, 0) is 0 Å². The van der Waals surface area contributed by atoms with Gasteiger partial charge in [-0.2, -0.15) is 0 Å². The maximum Gasteiger partial charge on any atom is 0.122 e.